The summed E-state index contributed by atoms with van der Waals surface area (Å²) in [7, 11) is 0. The van der Waals surface area contributed by atoms with Crippen molar-refractivity contribution in [2.24, 2.45) is 5.92 Å². The number of hydrogen-bond donors (Lipinski definition) is 1. The van der Waals surface area contributed by atoms with Crippen molar-refractivity contribution in [3.05, 3.63) is 41.7 Å². The first-order valence-electron chi connectivity index (χ1n) is 10.4. The van der Waals surface area contributed by atoms with E-state index in [-0.39, 0.29) is 11.8 Å². The molecule has 4 rings (SSSR count). The quantitative estimate of drug-likeness (QED) is 0.832. The number of amides is 2. The van der Waals surface area contributed by atoms with Crippen molar-refractivity contribution in [1.82, 2.24) is 4.90 Å². The molecule has 1 aromatic carbocycles. The number of furan rings is 1. The number of anilines is 1. The molecule has 0 bridgehead atoms. The maximum atomic E-state index is 12.9. The van der Waals surface area contributed by atoms with Gasteiger partial charge in [0.15, 0.2) is 0 Å². The number of fused-ring (bicyclic) bond motifs is 1. The minimum Gasteiger partial charge on any atom is -0.461 e. The largest absolute Gasteiger partial charge is 0.461 e. The van der Waals surface area contributed by atoms with Crippen LogP contribution >= 0.6 is 0 Å². The van der Waals surface area contributed by atoms with Crippen LogP contribution < -0.4 is 5.32 Å². The third-order valence-corrected chi connectivity index (χ3v) is 5.88. The summed E-state index contributed by atoms with van der Waals surface area (Å²) in [5, 5.41) is 2.89. The second-order valence-corrected chi connectivity index (χ2v) is 7.89. The average Bonchev–Trinajstić information content (AvgIpc) is 3.17. The minimum absolute atomic E-state index is 0.00671. The van der Waals surface area contributed by atoms with E-state index in [0.717, 1.165) is 54.1 Å². The van der Waals surface area contributed by atoms with Gasteiger partial charge >= 0.3 is 0 Å². The zero-order chi connectivity index (χ0) is 19.5. The second-order valence-electron chi connectivity index (χ2n) is 7.89. The lowest BCUT2D eigenvalue weighted by molar-refractivity contribution is -0.137. The van der Waals surface area contributed by atoms with E-state index in [1.54, 1.807) is 0 Å². The number of rotatable bonds is 4. The second kappa shape index (κ2) is 8.21. The fourth-order valence-corrected chi connectivity index (χ4v) is 4.27. The Labute approximate surface area is 166 Å². The van der Waals surface area contributed by atoms with Crippen LogP contribution in [0, 0.1) is 5.92 Å². The first-order chi connectivity index (χ1) is 13.6. The molecular formula is C23H28N2O3. The Bertz CT molecular complexity index is 864. The van der Waals surface area contributed by atoms with Gasteiger partial charge in [0.25, 0.3) is 0 Å². The van der Waals surface area contributed by atoms with Crippen molar-refractivity contribution in [1.29, 1.82) is 0 Å². The molecule has 1 fully saturated rings. The summed E-state index contributed by atoms with van der Waals surface area (Å²) >= 11 is 0. The van der Waals surface area contributed by atoms with Crippen LogP contribution in [0.1, 0.15) is 56.8 Å². The van der Waals surface area contributed by atoms with Gasteiger partial charge in [0.2, 0.25) is 11.8 Å². The van der Waals surface area contributed by atoms with Gasteiger partial charge in [0.1, 0.15) is 11.5 Å². The topological polar surface area (TPSA) is 62.6 Å². The molecule has 5 nitrogen and oxygen atoms in total. The van der Waals surface area contributed by atoms with E-state index >= 15 is 0 Å². The summed E-state index contributed by atoms with van der Waals surface area (Å²) < 4.78 is 6.10. The summed E-state index contributed by atoms with van der Waals surface area (Å²) in [5.41, 5.74) is 2.81. The maximum Gasteiger partial charge on any atom is 0.225 e. The van der Waals surface area contributed by atoms with Crippen molar-refractivity contribution in [3.8, 4) is 11.3 Å². The summed E-state index contributed by atoms with van der Waals surface area (Å²) in [6.07, 6.45) is 6.90. The zero-order valence-electron chi connectivity index (χ0n) is 16.5. The highest BCUT2D eigenvalue weighted by Gasteiger charge is 2.30. The Morgan fingerprint density at radius 3 is 2.79 bits per heavy atom. The van der Waals surface area contributed by atoms with E-state index in [4.69, 9.17) is 4.42 Å². The van der Waals surface area contributed by atoms with Gasteiger partial charge in [-0.2, -0.15) is 0 Å². The lowest BCUT2D eigenvalue weighted by atomic mass is 9.88. The molecule has 2 heterocycles. The molecule has 2 aromatic rings. The lowest BCUT2D eigenvalue weighted by Gasteiger charge is -2.31. The molecule has 1 aliphatic carbocycles. The van der Waals surface area contributed by atoms with Gasteiger partial charge in [0.05, 0.1) is 0 Å². The Hall–Kier alpha value is -2.56. The van der Waals surface area contributed by atoms with Crippen molar-refractivity contribution in [3.63, 3.8) is 0 Å². The molecule has 1 saturated carbocycles. The molecular weight excluding hydrogens is 352 g/mol. The van der Waals surface area contributed by atoms with Crippen LogP contribution in [0.25, 0.3) is 11.3 Å². The molecule has 1 aromatic heterocycles. The van der Waals surface area contributed by atoms with Gasteiger partial charge in [-0.15, -0.1) is 0 Å². The monoisotopic (exact) mass is 380 g/mol. The smallest absolute Gasteiger partial charge is 0.225 e. The molecule has 1 N–H and O–H groups in total. The Morgan fingerprint density at radius 1 is 1.18 bits per heavy atom. The van der Waals surface area contributed by atoms with Crippen molar-refractivity contribution < 1.29 is 14.0 Å². The summed E-state index contributed by atoms with van der Waals surface area (Å²) in [5.74, 6) is 2.29. The van der Waals surface area contributed by atoms with Crippen molar-refractivity contribution >= 4 is 17.5 Å². The predicted molar refractivity (Wildman–Crippen MR) is 109 cm³/mol. The van der Waals surface area contributed by atoms with Crippen molar-refractivity contribution in [2.45, 2.75) is 58.4 Å². The van der Waals surface area contributed by atoms with Crippen molar-refractivity contribution in [2.75, 3.05) is 11.9 Å². The average molecular weight is 380 g/mol. The van der Waals surface area contributed by atoms with E-state index in [0.29, 0.717) is 18.9 Å². The SMILES string of the molecule is CCC(=O)Nc1cccc(-c2cc3c(o2)CCN(C(=O)C2CCCCC2)C3)c1. The number of carbonyl (C=O) groups is 2. The summed E-state index contributed by atoms with van der Waals surface area (Å²) in [6.45, 7) is 3.21. The zero-order valence-corrected chi connectivity index (χ0v) is 16.5. The fourth-order valence-electron chi connectivity index (χ4n) is 4.27. The van der Waals surface area contributed by atoms with E-state index in [2.05, 4.69) is 11.4 Å². The van der Waals surface area contributed by atoms with Crippen LogP contribution in [0.2, 0.25) is 0 Å². The van der Waals surface area contributed by atoms with E-state index < -0.39 is 0 Å². The molecule has 1 aliphatic heterocycles. The number of carbonyl (C=O) groups excluding carboxylic acids is 2. The van der Waals surface area contributed by atoms with Crippen LogP contribution in [0.4, 0.5) is 5.69 Å². The van der Waals surface area contributed by atoms with E-state index in [1.807, 2.05) is 36.1 Å². The van der Waals surface area contributed by atoms with Crippen LogP contribution in [0.3, 0.4) is 0 Å². The molecule has 0 unspecified atom stereocenters. The first kappa shape index (κ1) is 18.8. The number of hydrogen-bond acceptors (Lipinski definition) is 3. The summed E-state index contributed by atoms with van der Waals surface area (Å²) in [4.78, 5) is 26.5. The van der Waals surface area contributed by atoms with Gasteiger partial charge in [-0.1, -0.05) is 38.3 Å². The van der Waals surface area contributed by atoms with Crippen LogP contribution in [-0.2, 0) is 22.6 Å². The molecule has 0 saturated heterocycles. The highest BCUT2D eigenvalue weighted by atomic mass is 16.3. The molecule has 28 heavy (non-hydrogen) atoms. The van der Waals surface area contributed by atoms with Crippen LogP contribution in [0.15, 0.2) is 34.7 Å². The Morgan fingerprint density at radius 2 is 2.00 bits per heavy atom. The summed E-state index contributed by atoms with van der Waals surface area (Å²) in [6, 6.07) is 9.77. The standard InChI is InChI=1S/C23H28N2O3/c1-2-22(26)24-19-10-6-9-17(13-19)21-14-18-15-25(12-11-20(18)28-21)23(27)16-7-4-3-5-8-16/h6,9-10,13-14,16H,2-5,7-8,11-12,15H2,1H3,(H,24,26). The minimum atomic E-state index is -0.00671. The fraction of sp³-hybridized carbons (Fsp3) is 0.478. The maximum absolute atomic E-state index is 12.9. The Kier molecular flexibility index (Phi) is 5.51. The Balaban J connectivity index is 1.49. The highest BCUT2D eigenvalue weighted by Crippen LogP contribution is 2.32. The van der Waals surface area contributed by atoms with Gasteiger partial charge in [0, 0.05) is 48.7 Å². The number of nitrogens with one attached hydrogen (secondary N) is 1. The van der Waals surface area contributed by atoms with E-state index in [9.17, 15) is 9.59 Å². The van der Waals surface area contributed by atoms with Gasteiger partial charge in [-0.05, 0) is 31.0 Å². The van der Waals surface area contributed by atoms with Gasteiger partial charge in [-0.25, -0.2) is 0 Å². The highest BCUT2D eigenvalue weighted by molar-refractivity contribution is 5.91. The third-order valence-electron chi connectivity index (χ3n) is 5.88. The van der Waals surface area contributed by atoms with E-state index in [1.165, 1.54) is 19.3 Å². The molecule has 2 aliphatic rings. The third kappa shape index (κ3) is 3.98. The molecule has 148 valence electrons. The molecule has 5 heteroatoms. The van der Waals surface area contributed by atoms with Gasteiger partial charge < -0.3 is 14.6 Å². The molecule has 0 atom stereocenters. The normalized spacial score (nSPS) is 17.2. The van der Waals surface area contributed by atoms with Crippen LogP contribution in [0.5, 0.6) is 0 Å². The molecule has 0 spiro atoms. The molecule has 2 amide bonds. The predicted octanol–water partition coefficient (Wildman–Crippen LogP) is 4.76. The molecule has 0 radical (unpaired) electrons. The van der Waals surface area contributed by atoms with Gasteiger partial charge in [-0.3, -0.25) is 9.59 Å². The number of benzene rings is 1. The lowest BCUT2D eigenvalue weighted by Crippen LogP contribution is -2.40. The first-order valence-corrected chi connectivity index (χ1v) is 10.4. The number of nitrogens with zero attached hydrogens (tertiary/aromatic N) is 1. The van der Waals surface area contributed by atoms with Crippen LogP contribution in [-0.4, -0.2) is 23.3 Å².